The van der Waals surface area contributed by atoms with Gasteiger partial charge in [0.2, 0.25) is 0 Å². The average molecular weight is 437 g/mol. The SMILES string of the molecule is C=C(/C=C\C=C(C)C)OC1CCC(c2nbc(CC)n2-c2ccc(Cl)cc2CC)CC1. The number of halogens is 1. The van der Waals surface area contributed by atoms with E-state index >= 15 is 0 Å². The molecule has 1 heterocycles. The van der Waals surface area contributed by atoms with Gasteiger partial charge in [0.1, 0.15) is 0 Å². The van der Waals surface area contributed by atoms with Crippen molar-refractivity contribution in [3.63, 3.8) is 0 Å². The van der Waals surface area contributed by atoms with Crippen molar-refractivity contribution in [1.82, 2.24) is 9.46 Å². The summed E-state index contributed by atoms with van der Waals surface area (Å²) in [6, 6.07) is 6.21. The van der Waals surface area contributed by atoms with E-state index < -0.39 is 0 Å². The van der Waals surface area contributed by atoms with Gasteiger partial charge in [0.25, 0.3) is 0 Å². The first kappa shape index (κ1) is 23.6. The van der Waals surface area contributed by atoms with E-state index in [1.807, 2.05) is 25.3 Å². The van der Waals surface area contributed by atoms with Gasteiger partial charge in [-0.15, -0.1) is 0 Å². The van der Waals surface area contributed by atoms with E-state index in [1.165, 1.54) is 28.2 Å². The molecule has 0 saturated heterocycles. The summed E-state index contributed by atoms with van der Waals surface area (Å²) < 4.78 is 8.47. The standard InChI is InChI=1S/C26H34BClN2O/c1-6-20-17-22(28)13-16-24(20)30-25(7-2)27-29-26(30)21-11-14-23(15-12-21)31-19(5)10-8-9-18(3)4/h8-10,13,16-17,21,23H,5-7,11-12,14-15H2,1-4H3/b10-8-. The normalized spacial score (nSPS) is 18.7. The number of hydrogen-bond donors (Lipinski definition) is 0. The summed E-state index contributed by atoms with van der Waals surface area (Å²) in [5.74, 6) is 2.36. The Kier molecular flexibility index (Phi) is 8.37. The summed E-state index contributed by atoms with van der Waals surface area (Å²) in [4.78, 5) is 4.88. The van der Waals surface area contributed by atoms with Gasteiger partial charge < -0.3 is 0 Å². The molecule has 3 rings (SSSR count). The summed E-state index contributed by atoms with van der Waals surface area (Å²) in [7, 11) is 2.04. The van der Waals surface area contributed by atoms with Crippen LogP contribution in [0, 0.1) is 0 Å². The van der Waals surface area contributed by atoms with Gasteiger partial charge in [0, 0.05) is 0 Å². The molecule has 0 atom stereocenters. The minimum absolute atomic E-state index is 0.232. The van der Waals surface area contributed by atoms with Crippen molar-refractivity contribution in [2.24, 2.45) is 0 Å². The monoisotopic (exact) mass is 436 g/mol. The van der Waals surface area contributed by atoms with E-state index in [-0.39, 0.29) is 6.10 Å². The molecular weight excluding hydrogens is 403 g/mol. The molecule has 0 spiro atoms. The third-order valence-electron chi connectivity index (χ3n) is 5.96. The van der Waals surface area contributed by atoms with Gasteiger partial charge >= 0.3 is 179 Å². The van der Waals surface area contributed by atoms with E-state index in [0.717, 1.165) is 49.3 Å². The fourth-order valence-corrected chi connectivity index (χ4v) is 4.51. The Bertz CT molecular complexity index is 964. The number of aromatic nitrogens is 2. The predicted octanol–water partition coefficient (Wildman–Crippen LogP) is 7.07. The van der Waals surface area contributed by atoms with E-state index in [0.29, 0.717) is 5.92 Å². The molecule has 2 aromatic rings. The van der Waals surface area contributed by atoms with Gasteiger partial charge in [-0.25, -0.2) is 0 Å². The zero-order chi connectivity index (χ0) is 22.4. The molecule has 5 heteroatoms. The van der Waals surface area contributed by atoms with Crippen LogP contribution in [0.3, 0.4) is 0 Å². The van der Waals surface area contributed by atoms with Gasteiger partial charge in [-0.3, -0.25) is 0 Å². The number of rotatable bonds is 8. The van der Waals surface area contributed by atoms with Crippen molar-refractivity contribution in [3.8, 4) is 5.69 Å². The Morgan fingerprint density at radius 1 is 1.23 bits per heavy atom. The first-order valence-electron chi connectivity index (χ1n) is 11.4. The zero-order valence-corrected chi connectivity index (χ0v) is 20.1. The van der Waals surface area contributed by atoms with Crippen LogP contribution in [0.5, 0.6) is 0 Å². The van der Waals surface area contributed by atoms with Crippen molar-refractivity contribution in [1.29, 1.82) is 0 Å². The van der Waals surface area contributed by atoms with Crippen molar-refractivity contribution in [3.05, 3.63) is 76.3 Å². The molecule has 1 aromatic carbocycles. The summed E-state index contributed by atoms with van der Waals surface area (Å²) in [5.41, 5.74) is 4.99. The number of ether oxygens (including phenoxy) is 1. The van der Waals surface area contributed by atoms with Crippen LogP contribution in [-0.2, 0) is 17.6 Å². The van der Waals surface area contributed by atoms with Crippen LogP contribution in [0.4, 0.5) is 0 Å². The van der Waals surface area contributed by atoms with Crippen molar-refractivity contribution in [2.75, 3.05) is 0 Å². The number of benzene rings is 1. The third kappa shape index (κ3) is 6.01. The molecular formula is C26H34BClN2O. The molecule has 1 aromatic heterocycles. The van der Waals surface area contributed by atoms with Gasteiger partial charge in [0.15, 0.2) is 0 Å². The van der Waals surface area contributed by atoms with Crippen molar-refractivity contribution < 1.29 is 4.74 Å². The van der Waals surface area contributed by atoms with E-state index in [2.05, 4.69) is 57.0 Å². The van der Waals surface area contributed by atoms with Gasteiger partial charge in [0.05, 0.1) is 0 Å². The summed E-state index contributed by atoms with van der Waals surface area (Å²) in [6.07, 6.45) is 12.3. The molecule has 3 nitrogen and oxygen atoms in total. The van der Waals surface area contributed by atoms with Crippen molar-refractivity contribution in [2.45, 2.75) is 78.2 Å². The Hall–Kier alpha value is -2.07. The Balaban J connectivity index is 1.73. The molecule has 31 heavy (non-hydrogen) atoms. The molecule has 0 N–H and O–H groups in total. The molecule has 0 bridgehead atoms. The van der Waals surface area contributed by atoms with Crippen LogP contribution in [0.15, 0.2) is 54.3 Å². The Morgan fingerprint density at radius 2 is 1.97 bits per heavy atom. The fraction of sp³-hybridized carbons (Fsp3) is 0.462. The first-order valence-corrected chi connectivity index (χ1v) is 11.8. The molecule has 0 unspecified atom stereocenters. The second kappa shape index (κ2) is 11.0. The Labute approximate surface area is 193 Å². The van der Waals surface area contributed by atoms with Gasteiger partial charge in [-0.2, -0.15) is 0 Å². The molecule has 1 fully saturated rings. The first-order chi connectivity index (χ1) is 14.9. The predicted molar refractivity (Wildman–Crippen MR) is 132 cm³/mol. The number of hydrogen-bond acceptors (Lipinski definition) is 2. The minimum atomic E-state index is 0.232. The molecule has 1 aliphatic carbocycles. The van der Waals surface area contributed by atoms with Gasteiger partial charge in [-0.05, 0) is 13.8 Å². The molecule has 164 valence electrons. The van der Waals surface area contributed by atoms with Crippen LogP contribution < -0.4 is 0 Å². The topological polar surface area (TPSA) is 27.1 Å². The van der Waals surface area contributed by atoms with E-state index in [9.17, 15) is 0 Å². The maximum absolute atomic E-state index is 6.27. The Morgan fingerprint density at radius 3 is 2.61 bits per heavy atom. The summed E-state index contributed by atoms with van der Waals surface area (Å²) in [5, 5.41) is 0.789. The molecule has 0 radical (unpaired) electrons. The fourth-order valence-electron chi connectivity index (χ4n) is 4.31. The van der Waals surface area contributed by atoms with Crippen LogP contribution in [0.1, 0.15) is 76.3 Å². The molecule has 0 amide bonds. The molecule has 0 aliphatic heterocycles. The second-order valence-corrected chi connectivity index (χ2v) is 9.02. The van der Waals surface area contributed by atoms with Crippen LogP contribution in [0.2, 0.25) is 5.02 Å². The number of nitrogens with zero attached hydrogens (tertiary/aromatic N) is 2. The van der Waals surface area contributed by atoms with Crippen LogP contribution in [-0.4, -0.2) is 22.6 Å². The number of aryl methyl sites for hydroxylation is 2. The van der Waals surface area contributed by atoms with Gasteiger partial charge in [-0.1, -0.05) is 0 Å². The van der Waals surface area contributed by atoms with Crippen molar-refractivity contribution >= 4 is 18.7 Å². The summed E-state index contributed by atoms with van der Waals surface area (Å²) in [6.45, 7) is 12.6. The van der Waals surface area contributed by atoms with E-state index in [4.69, 9.17) is 21.2 Å². The molecule has 1 aliphatic rings. The van der Waals surface area contributed by atoms with Crippen LogP contribution in [0.25, 0.3) is 5.69 Å². The third-order valence-corrected chi connectivity index (χ3v) is 6.19. The second-order valence-electron chi connectivity index (χ2n) is 8.58. The quantitative estimate of drug-likeness (QED) is 0.327. The molecule has 1 saturated carbocycles. The zero-order valence-electron chi connectivity index (χ0n) is 19.3. The van der Waals surface area contributed by atoms with E-state index in [1.54, 1.807) is 0 Å². The van der Waals surface area contributed by atoms with Crippen LogP contribution >= 0.6 is 11.6 Å². The number of allylic oxidation sites excluding steroid dienone is 4. The summed E-state index contributed by atoms with van der Waals surface area (Å²) >= 11 is 6.27. The maximum atomic E-state index is 6.27. The average Bonchev–Trinajstić information content (AvgIpc) is 3.17.